The van der Waals surface area contributed by atoms with Gasteiger partial charge in [-0.15, -0.1) is 0 Å². The number of benzene rings is 2. The van der Waals surface area contributed by atoms with Crippen LogP contribution in [0.4, 0.5) is 4.39 Å². The fourth-order valence-electron chi connectivity index (χ4n) is 4.96. The van der Waals surface area contributed by atoms with E-state index in [-0.39, 0.29) is 36.1 Å². The molecule has 0 saturated carbocycles. The highest BCUT2D eigenvalue weighted by Crippen LogP contribution is 2.38. The summed E-state index contributed by atoms with van der Waals surface area (Å²) in [5.74, 6) is 0.827. The van der Waals surface area contributed by atoms with Crippen LogP contribution in [0.3, 0.4) is 0 Å². The van der Waals surface area contributed by atoms with E-state index in [0.29, 0.717) is 56.5 Å². The minimum absolute atomic E-state index is 0.0613. The number of rotatable bonds is 4. The van der Waals surface area contributed by atoms with Crippen LogP contribution in [0, 0.1) is 11.2 Å². The van der Waals surface area contributed by atoms with Crippen molar-refractivity contribution in [1.29, 1.82) is 0 Å². The highest BCUT2D eigenvalue weighted by molar-refractivity contribution is 5.96. The second-order valence-electron chi connectivity index (χ2n) is 10.0. The quantitative estimate of drug-likeness (QED) is 0.601. The van der Waals surface area contributed by atoms with Gasteiger partial charge in [0.1, 0.15) is 17.3 Å². The van der Waals surface area contributed by atoms with Crippen LogP contribution in [-0.4, -0.2) is 74.7 Å². The highest BCUT2D eigenvalue weighted by Gasteiger charge is 2.36. The molecule has 0 radical (unpaired) electrons. The lowest BCUT2D eigenvalue weighted by Gasteiger charge is -2.42. The molecule has 2 aromatic carbocycles. The molecule has 2 aliphatic rings. The fraction of sp³-hybridized carbons (Fsp3) is 0.517. The number of nitrogens with zero attached hydrogens (tertiary/aromatic N) is 2. The standard InChI is InChI=1S/C29H37FN2O5/c1-31-18-21-35-19-5-4-13-29(22-37-26-7-3-2-6-25(26)28(31)34)14-16-32(17-15-29)27(33)12-20-36-24-10-8-23(30)9-11-24/h2-3,6-11H,4-5,12-22H2,1H3. The van der Waals surface area contributed by atoms with Gasteiger partial charge >= 0.3 is 0 Å². The van der Waals surface area contributed by atoms with E-state index >= 15 is 0 Å². The van der Waals surface area contributed by atoms with Crippen LogP contribution in [0.15, 0.2) is 48.5 Å². The van der Waals surface area contributed by atoms with E-state index in [2.05, 4.69) is 0 Å². The molecular formula is C29H37FN2O5. The number of carbonyl (C=O) groups is 2. The van der Waals surface area contributed by atoms with Crippen LogP contribution >= 0.6 is 0 Å². The van der Waals surface area contributed by atoms with Crippen molar-refractivity contribution in [3.05, 3.63) is 59.9 Å². The summed E-state index contributed by atoms with van der Waals surface area (Å²) < 4.78 is 30.8. The second kappa shape index (κ2) is 12.9. The molecule has 1 spiro atoms. The number of fused-ring (bicyclic) bond motifs is 1. The van der Waals surface area contributed by atoms with E-state index in [1.165, 1.54) is 12.1 Å². The van der Waals surface area contributed by atoms with Gasteiger partial charge in [-0.2, -0.15) is 0 Å². The van der Waals surface area contributed by atoms with Crippen LogP contribution < -0.4 is 9.47 Å². The van der Waals surface area contributed by atoms with Crippen molar-refractivity contribution in [3.8, 4) is 11.5 Å². The third-order valence-corrected chi connectivity index (χ3v) is 7.39. The first-order valence-electron chi connectivity index (χ1n) is 13.2. The lowest BCUT2D eigenvalue weighted by Crippen LogP contribution is -2.46. The van der Waals surface area contributed by atoms with Crippen LogP contribution in [0.5, 0.6) is 11.5 Å². The van der Waals surface area contributed by atoms with Gasteiger partial charge in [0.05, 0.1) is 31.8 Å². The number of halogens is 1. The zero-order chi connectivity index (χ0) is 26.1. The third kappa shape index (κ3) is 7.44. The lowest BCUT2D eigenvalue weighted by atomic mass is 9.75. The molecule has 2 heterocycles. The normalized spacial score (nSPS) is 19.0. The summed E-state index contributed by atoms with van der Waals surface area (Å²) in [6, 6.07) is 13.2. The number of ether oxygens (including phenoxy) is 3. The van der Waals surface area contributed by atoms with E-state index in [4.69, 9.17) is 14.2 Å². The summed E-state index contributed by atoms with van der Waals surface area (Å²) in [4.78, 5) is 29.4. The molecule has 2 aromatic rings. The monoisotopic (exact) mass is 512 g/mol. The largest absolute Gasteiger partial charge is 0.493 e. The summed E-state index contributed by atoms with van der Waals surface area (Å²) in [7, 11) is 1.78. The smallest absolute Gasteiger partial charge is 0.257 e. The van der Waals surface area contributed by atoms with Crippen molar-refractivity contribution >= 4 is 11.8 Å². The van der Waals surface area contributed by atoms with Crippen molar-refractivity contribution in [2.24, 2.45) is 5.41 Å². The van der Waals surface area contributed by atoms with Crippen molar-refractivity contribution < 1.29 is 28.2 Å². The van der Waals surface area contributed by atoms with E-state index < -0.39 is 0 Å². The van der Waals surface area contributed by atoms with Gasteiger partial charge in [0.2, 0.25) is 5.91 Å². The third-order valence-electron chi connectivity index (χ3n) is 7.39. The first kappa shape index (κ1) is 26.9. The number of likely N-dealkylation sites (N-methyl/N-ethyl adjacent to an activating group) is 1. The maximum absolute atomic E-state index is 13.1. The predicted molar refractivity (Wildman–Crippen MR) is 138 cm³/mol. The molecule has 200 valence electrons. The van der Waals surface area contributed by atoms with Gasteiger partial charge < -0.3 is 24.0 Å². The van der Waals surface area contributed by atoms with Crippen molar-refractivity contribution in [3.63, 3.8) is 0 Å². The summed E-state index contributed by atoms with van der Waals surface area (Å²) in [6.45, 7) is 3.83. The molecule has 8 heteroatoms. The summed E-state index contributed by atoms with van der Waals surface area (Å²) in [6.07, 6.45) is 4.94. The average Bonchev–Trinajstić information content (AvgIpc) is 2.92. The number of piperidine rings is 1. The Morgan fingerprint density at radius 2 is 1.76 bits per heavy atom. The van der Waals surface area contributed by atoms with Crippen LogP contribution in [0.25, 0.3) is 0 Å². The van der Waals surface area contributed by atoms with E-state index in [1.807, 2.05) is 29.2 Å². The summed E-state index contributed by atoms with van der Waals surface area (Å²) >= 11 is 0. The van der Waals surface area contributed by atoms with E-state index in [1.54, 1.807) is 24.1 Å². The number of para-hydroxylation sites is 1. The molecule has 2 aliphatic heterocycles. The summed E-state index contributed by atoms with van der Waals surface area (Å²) in [5, 5.41) is 0. The van der Waals surface area contributed by atoms with Gasteiger partial charge in [-0.3, -0.25) is 9.59 Å². The van der Waals surface area contributed by atoms with E-state index in [0.717, 1.165) is 32.1 Å². The molecule has 2 amide bonds. The molecular weight excluding hydrogens is 475 g/mol. The van der Waals surface area contributed by atoms with Gasteiger partial charge in [0, 0.05) is 38.7 Å². The maximum atomic E-state index is 13.1. The molecule has 4 rings (SSSR count). The lowest BCUT2D eigenvalue weighted by molar-refractivity contribution is -0.134. The number of hydrogen-bond donors (Lipinski definition) is 0. The number of likely N-dealkylation sites (tertiary alicyclic amines) is 1. The van der Waals surface area contributed by atoms with E-state index in [9.17, 15) is 14.0 Å². The Kier molecular flexibility index (Phi) is 9.39. The Labute approximate surface area is 218 Å². The number of amides is 2. The topological polar surface area (TPSA) is 68.3 Å². The first-order chi connectivity index (χ1) is 18.0. The van der Waals surface area contributed by atoms with Crippen LogP contribution in [0.1, 0.15) is 48.9 Å². The molecule has 0 bridgehead atoms. The molecule has 37 heavy (non-hydrogen) atoms. The molecule has 0 atom stereocenters. The SMILES string of the molecule is CN1CCOCCCCC2(CCN(C(=O)CCOc3ccc(F)cc3)CC2)COc2ccccc2C1=O. The fourth-order valence-corrected chi connectivity index (χ4v) is 4.96. The molecule has 0 unspecified atom stereocenters. The Morgan fingerprint density at radius 1 is 1.00 bits per heavy atom. The minimum atomic E-state index is -0.317. The maximum Gasteiger partial charge on any atom is 0.257 e. The summed E-state index contributed by atoms with van der Waals surface area (Å²) in [5.41, 5.74) is 0.499. The molecule has 0 N–H and O–H groups in total. The van der Waals surface area contributed by atoms with Crippen LogP contribution in [0.2, 0.25) is 0 Å². The Bertz CT molecular complexity index is 1040. The zero-order valence-corrected chi connectivity index (χ0v) is 21.6. The van der Waals surface area contributed by atoms with Gasteiger partial charge in [0.15, 0.2) is 0 Å². The van der Waals surface area contributed by atoms with Gasteiger partial charge in [-0.25, -0.2) is 4.39 Å². The van der Waals surface area contributed by atoms with Crippen molar-refractivity contribution in [1.82, 2.24) is 9.80 Å². The van der Waals surface area contributed by atoms with Crippen molar-refractivity contribution in [2.45, 2.75) is 38.5 Å². The van der Waals surface area contributed by atoms with Gasteiger partial charge in [0.25, 0.3) is 5.91 Å². The Balaban J connectivity index is 1.36. The first-order valence-corrected chi connectivity index (χ1v) is 13.2. The van der Waals surface area contributed by atoms with Crippen LogP contribution in [-0.2, 0) is 9.53 Å². The van der Waals surface area contributed by atoms with Crippen molar-refractivity contribution in [2.75, 3.05) is 53.1 Å². The number of hydrogen-bond acceptors (Lipinski definition) is 5. The average molecular weight is 513 g/mol. The molecule has 1 fully saturated rings. The Hall–Kier alpha value is -3.13. The Morgan fingerprint density at radius 3 is 2.54 bits per heavy atom. The molecule has 0 aliphatic carbocycles. The number of carbonyl (C=O) groups excluding carboxylic acids is 2. The predicted octanol–water partition coefficient (Wildman–Crippen LogP) is 4.55. The molecule has 1 saturated heterocycles. The highest BCUT2D eigenvalue weighted by atomic mass is 19.1. The van der Waals surface area contributed by atoms with Gasteiger partial charge in [-0.05, 0) is 62.1 Å². The minimum Gasteiger partial charge on any atom is -0.493 e. The zero-order valence-electron chi connectivity index (χ0n) is 21.6. The van der Waals surface area contributed by atoms with Gasteiger partial charge in [-0.1, -0.05) is 18.6 Å². The molecule has 7 nitrogen and oxygen atoms in total. The molecule has 0 aromatic heterocycles. The second-order valence-corrected chi connectivity index (χ2v) is 10.0.